The first kappa shape index (κ1) is 10.8. The van der Waals surface area contributed by atoms with Crippen molar-refractivity contribution in [3.8, 4) is 0 Å². The molecule has 1 aromatic heterocycles. The molecule has 1 aliphatic rings. The molecule has 1 aliphatic carbocycles. The molecule has 3 N–H and O–H groups in total. The fourth-order valence-corrected chi connectivity index (χ4v) is 1.65. The van der Waals surface area contributed by atoms with Crippen molar-refractivity contribution >= 4 is 0 Å². The summed E-state index contributed by atoms with van der Waals surface area (Å²) in [4.78, 5) is 24.1. The van der Waals surface area contributed by atoms with E-state index in [-0.39, 0.29) is 0 Å². The highest BCUT2D eigenvalue weighted by Gasteiger charge is 2.37. The molecule has 0 spiro atoms. The standard InChI is InChI=1S/C9H9FN2O4/c10-4-3-5(13)8(15)7(4)12-2-1-6(14)11-9(12)16/h1-3,5,7-8,13,15H,(H,11,14,16)/t5-,7-,8-/m1/s1. The number of halogens is 1. The van der Waals surface area contributed by atoms with E-state index in [4.69, 9.17) is 0 Å². The molecule has 1 heterocycles. The van der Waals surface area contributed by atoms with Gasteiger partial charge in [0.15, 0.2) is 0 Å². The van der Waals surface area contributed by atoms with Crippen molar-refractivity contribution in [1.29, 1.82) is 0 Å². The molecular formula is C9H9FN2O4. The molecule has 0 aromatic carbocycles. The molecule has 2 rings (SSSR count). The second kappa shape index (κ2) is 3.69. The van der Waals surface area contributed by atoms with Gasteiger partial charge in [-0.3, -0.25) is 14.3 Å². The topological polar surface area (TPSA) is 95.3 Å². The van der Waals surface area contributed by atoms with E-state index in [2.05, 4.69) is 0 Å². The van der Waals surface area contributed by atoms with E-state index in [1.165, 1.54) is 0 Å². The van der Waals surface area contributed by atoms with Gasteiger partial charge in [0, 0.05) is 12.3 Å². The first-order valence-corrected chi connectivity index (χ1v) is 4.55. The Morgan fingerprint density at radius 1 is 1.38 bits per heavy atom. The van der Waals surface area contributed by atoms with Crippen molar-refractivity contribution in [1.82, 2.24) is 9.55 Å². The van der Waals surface area contributed by atoms with Crippen LogP contribution >= 0.6 is 0 Å². The molecule has 0 aliphatic heterocycles. The summed E-state index contributed by atoms with van der Waals surface area (Å²) in [7, 11) is 0. The first-order chi connectivity index (χ1) is 7.50. The van der Waals surface area contributed by atoms with Gasteiger partial charge in [-0.25, -0.2) is 9.18 Å². The summed E-state index contributed by atoms with van der Waals surface area (Å²) in [6, 6.07) is -0.258. The van der Waals surface area contributed by atoms with Crippen molar-refractivity contribution < 1.29 is 14.6 Å². The summed E-state index contributed by atoms with van der Waals surface area (Å²) in [6.07, 6.45) is -0.902. The lowest BCUT2D eigenvalue weighted by atomic mass is 10.2. The fourth-order valence-electron chi connectivity index (χ4n) is 1.65. The zero-order chi connectivity index (χ0) is 11.9. The van der Waals surface area contributed by atoms with Gasteiger partial charge < -0.3 is 10.2 Å². The highest BCUT2D eigenvalue weighted by Crippen LogP contribution is 2.30. The van der Waals surface area contributed by atoms with Gasteiger partial charge in [0.05, 0.1) is 0 Å². The van der Waals surface area contributed by atoms with Crippen LogP contribution in [0, 0.1) is 0 Å². The smallest absolute Gasteiger partial charge is 0.329 e. The number of aromatic amines is 1. The van der Waals surface area contributed by atoms with Crippen molar-refractivity contribution in [2.75, 3.05) is 0 Å². The number of aliphatic hydroxyl groups excluding tert-OH is 2. The summed E-state index contributed by atoms with van der Waals surface area (Å²) < 4.78 is 14.2. The maximum Gasteiger partial charge on any atom is 0.329 e. The highest BCUT2D eigenvalue weighted by molar-refractivity contribution is 5.17. The second-order valence-corrected chi connectivity index (χ2v) is 3.49. The molecule has 16 heavy (non-hydrogen) atoms. The van der Waals surface area contributed by atoms with Crippen molar-refractivity contribution in [3.05, 3.63) is 45.0 Å². The van der Waals surface area contributed by atoms with Gasteiger partial charge in [0.2, 0.25) is 0 Å². The van der Waals surface area contributed by atoms with Crippen LogP contribution in [0.4, 0.5) is 4.39 Å². The van der Waals surface area contributed by atoms with E-state index in [1.54, 1.807) is 0 Å². The summed E-state index contributed by atoms with van der Waals surface area (Å²) in [5.41, 5.74) is -1.45. The Kier molecular flexibility index (Phi) is 2.49. The number of rotatable bonds is 1. The van der Waals surface area contributed by atoms with E-state index in [0.717, 1.165) is 22.9 Å². The number of hydrogen-bond donors (Lipinski definition) is 3. The van der Waals surface area contributed by atoms with Crippen LogP contribution in [-0.4, -0.2) is 32.0 Å². The van der Waals surface area contributed by atoms with Crippen LogP contribution in [0.3, 0.4) is 0 Å². The van der Waals surface area contributed by atoms with Crippen molar-refractivity contribution in [2.24, 2.45) is 0 Å². The van der Waals surface area contributed by atoms with Gasteiger partial charge in [-0.15, -0.1) is 0 Å². The average Bonchev–Trinajstić information content (AvgIpc) is 2.43. The van der Waals surface area contributed by atoms with E-state index in [1.807, 2.05) is 4.98 Å². The molecule has 1 aromatic rings. The minimum absolute atomic E-state index is 0.612. The number of nitrogens with one attached hydrogen (secondary N) is 1. The monoisotopic (exact) mass is 228 g/mol. The Labute approximate surface area is 88.3 Å². The van der Waals surface area contributed by atoms with Crippen LogP contribution in [0.5, 0.6) is 0 Å². The molecule has 86 valence electrons. The summed E-state index contributed by atoms with van der Waals surface area (Å²) in [5, 5.41) is 18.7. The first-order valence-electron chi connectivity index (χ1n) is 4.55. The Morgan fingerprint density at radius 2 is 2.06 bits per heavy atom. The molecule has 6 nitrogen and oxygen atoms in total. The Balaban J connectivity index is 2.50. The van der Waals surface area contributed by atoms with Gasteiger partial charge in [-0.1, -0.05) is 0 Å². The predicted octanol–water partition coefficient (Wildman–Crippen LogP) is -1.33. The predicted molar refractivity (Wildman–Crippen MR) is 51.6 cm³/mol. The van der Waals surface area contributed by atoms with Gasteiger partial charge in [0.25, 0.3) is 5.56 Å². The normalized spacial score (nSPS) is 29.2. The molecule has 0 bridgehead atoms. The van der Waals surface area contributed by atoms with Crippen molar-refractivity contribution in [3.63, 3.8) is 0 Å². The Hall–Kier alpha value is -1.73. The molecule has 0 saturated carbocycles. The number of aliphatic hydroxyl groups is 2. The molecule has 3 atom stereocenters. The minimum Gasteiger partial charge on any atom is -0.387 e. The van der Waals surface area contributed by atoms with Crippen LogP contribution in [0.25, 0.3) is 0 Å². The lowest BCUT2D eigenvalue weighted by Crippen LogP contribution is -2.37. The van der Waals surface area contributed by atoms with Crippen LogP contribution < -0.4 is 11.2 Å². The lowest BCUT2D eigenvalue weighted by Gasteiger charge is -2.18. The fraction of sp³-hybridized carbons (Fsp3) is 0.333. The maximum atomic E-state index is 13.3. The van der Waals surface area contributed by atoms with Crippen LogP contribution in [-0.2, 0) is 0 Å². The molecular weight excluding hydrogens is 219 g/mol. The third kappa shape index (κ3) is 1.59. The molecule has 0 fully saturated rings. The van der Waals surface area contributed by atoms with Crippen molar-refractivity contribution in [2.45, 2.75) is 18.2 Å². The zero-order valence-corrected chi connectivity index (χ0v) is 8.00. The number of aromatic nitrogens is 2. The van der Waals surface area contributed by atoms with Gasteiger partial charge in [-0.2, -0.15) is 0 Å². The lowest BCUT2D eigenvalue weighted by molar-refractivity contribution is 0.0318. The molecule has 0 saturated heterocycles. The molecule has 0 unspecified atom stereocenters. The van der Waals surface area contributed by atoms with E-state index < -0.39 is 35.3 Å². The third-order valence-electron chi connectivity index (χ3n) is 2.44. The summed E-state index contributed by atoms with van der Waals surface area (Å²) in [6.45, 7) is 0. The highest BCUT2D eigenvalue weighted by atomic mass is 19.1. The Morgan fingerprint density at radius 3 is 2.56 bits per heavy atom. The number of hydrogen-bond acceptors (Lipinski definition) is 4. The third-order valence-corrected chi connectivity index (χ3v) is 2.44. The number of nitrogens with zero attached hydrogens (tertiary/aromatic N) is 1. The van der Waals surface area contributed by atoms with E-state index in [9.17, 15) is 24.2 Å². The zero-order valence-electron chi connectivity index (χ0n) is 8.00. The van der Waals surface area contributed by atoms with Gasteiger partial charge in [0.1, 0.15) is 24.1 Å². The largest absolute Gasteiger partial charge is 0.387 e. The van der Waals surface area contributed by atoms with Gasteiger partial charge in [-0.05, 0) is 6.08 Å². The SMILES string of the molecule is O=c1ccn([C@@H]2C(F)=C[C@@H](O)[C@H]2O)c(=O)[nH]1. The summed E-state index contributed by atoms with van der Waals surface area (Å²) in [5.74, 6) is -0.811. The number of H-pyrrole nitrogens is 1. The average molecular weight is 228 g/mol. The van der Waals surface area contributed by atoms with E-state index >= 15 is 0 Å². The quantitative estimate of drug-likeness (QED) is 0.554. The summed E-state index contributed by atoms with van der Waals surface area (Å²) >= 11 is 0. The molecule has 7 heteroatoms. The van der Waals surface area contributed by atoms with Crippen LogP contribution in [0.1, 0.15) is 6.04 Å². The molecule has 0 amide bonds. The van der Waals surface area contributed by atoms with Crippen LogP contribution in [0.15, 0.2) is 33.8 Å². The van der Waals surface area contributed by atoms with Gasteiger partial charge >= 0.3 is 5.69 Å². The maximum absolute atomic E-state index is 13.3. The van der Waals surface area contributed by atoms with Crippen LogP contribution in [0.2, 0.25) is 0 Å². The molecule has 0 radical (unpaired) electrons. The van der Waals surface area contributed by atoms with E-state index in [0.29, 0.717) is 0 Å². The second-order valence-electron chi connectivity index (χ2n) is 3.49. The Bertz CT molecular complexity index is 547. The minimum atomic E-state index is -1.44.